The summed E-state index contributed by atoms with van der Waals surface area (Å²) in [5, 5.41) is 2.32. The first-order chi connectivity index (χ1) is 11.0. The molecule has 0 atom stereocenters. The van der Waals surface area contributed by atoms with Crippen LogP contribution in [0.1, 0.15) is 15.9 Å². The van der Waals surface area contributed by atoms with Crippen LogP contribution in [0.4, 0.5) is 4.39 Å². The highest BCUT2D eigenvalue weighted by Crippen LogP contribution is 2.02. The van der Waals surface area contributed by atoms with Crippen molar-refractivity contribution in [2.75, 3.05) is 0 Å². The molecule has 3 N–H and O–H groups in total. The molecule has 0 unspecified atom stereocenters. The van der Waals surface area contributed by atoms with Crippen LogP contribution in [0.3, 0.4) is 0 Å². The zero-order valence-electron chi connectivity index (χ0n) is 12.0. The molecule has 0 heterocycles. The number of carbonyl (C=O) groups is 2. The molecule has 0 saturated carbocycles. The standard InChI is InChI=1S/C16H14FN3O2S/c17-13-8-6-12(7-9-13)15(22)18-16(23)20-19-14(21)10-11-4-2-1-3-5-11/h1-9H,10H2,(H,19,21)(H2,18,20,22,23). The first kappa shape index (κ1) is 16.6. The van der Waals surface area contributed by atoms with Gasteiger partial charge in [-0.1, -0.05) is 30.3 Å². The molecule has 0 radical (unpaired) electrons. The minimum absolute atomic E-state index is 0.0549. The molecule has 2 aromatic rings. The van der Waals surface area contributed by atoms with Crippen LogP contribution in [0, 0.1) is 5.82 Å². The number of hydrogen-bond acceptors (Lipinski definition) is 3. The van der Waals surface area contributed by atoms with Gasteiger partial charge in [0.1, 0.15) is 5.82 Å². The van der Waals surface area contributed by atoms with Gasteiger partial charge in [0.05, 0.1) is 6.42 Å². The second-order valence-electron chi connectivity index (χ2n) is 4.63. The summed E-state index contributed by atoms with van der Waals surface area (Å²) in [6.07, 6.45) is 0.183. The Morgan fingerprint density at radius 1 is 0.957 bits per heavy atom. The lowest BCUT2D eigenvalue weighted by Crippen LogP contribution is -2.48. The van der Waals surface area contributed by atoms with E-state index >= 15 is 0 Å². The predicted molar refractivity (Wildman–Crippen MR) is 87.9 cm³/mol. The number of hydrazine groups is 1. The third kappa shape index (κ3) is 5.48. The number of benzene rings is 2. The van der Waals surface area contributed by atoms with E-state index in [-0.39, 0.29) is 23.0 Å². The van der Waals surface area contributed by atoms with Gasteiger partial charge in [-0.2, -0.15) is 0 Å². The lowest BCUT2D eigenvalue weighted by atomic mass is 10.1. The van der Waals surface area contributed by atoms with Gasteiger partial charge in [-0.15, -0.1) is 0 Å². The summed E-state index contributed by atoms with van der Waals surface area (Å²) >= 11 is 4.91. The van der Waals surface area contributed by atoms with Crippen molar-refractivity contribution in [2.45, 2.75) is 6.42 Å². The van der Waals surface area contributed by atoms with E-state index in [1.165, 1.54) is 24.3 Å². The number of carbonyl (C=O) groups excluding carboxylic acids is 2. The van der Waals surface area contributed by atoms with Crippen molar-refractivity contribution < 1.29 is 14.0 Å². The summed E-state index contributed by atoms with van der Waals surface area (Å²) in [4.78, 5) is 23.6. The van der Waals surface area contributed by atoms with Gasteiger partial charge in [-0.25, -0.2) is 4.39 Å². The van der Waals surface area contributed by atoms with Crippen molar-refractivity contribution in [3.05, 3.63) is 71.5 Å². The van der Waals surface area contributed by atoms with Gasteiger partial charge in [-0.05, 0) is 42.0 Å². The molecule has 2 aromatic carbocycles. The van der Waals surface area contributed by atoms with Crippen molar-refractivity contribution in [1.29, 1.82) is 0 Å². The van der Waals surface area contributed by atoms with E-state index in [9.17, 15) is 14.0 Å². The van der Waals surface area contributed by atoms with Gasteiger partial charge in [0, 0.05) is 5.56 Å². The highest BCUT2D eigenvalue weighted by Gasteiger charge is 2.09. The smallest absolute Gasteiger partial charge is 0.257 e. The number of thiocarbonyl (C=S) groups is 1. The number of hydrogen-bond donors (Lipinski definition) is 3. The SMILES string of the molecule is O=C(Cc1ccccc1)NNC(=S)NC(=O)c1ccc(F)cc1. The molecule has 7 heteroatoms. The van der Waals surface area contributed by atoms with Gasteiger partial charge < -0.3 is 0 Å². The molecule has 0 aliphatic carbocycles. The fourth-order valence-electron chi connectivity index (χ4n) is 1.76. The van der Waals surface area contributed by atoms with Crippen molar-refractivity contribution in [3.63, 3.8) is 0 Å². The molecular weight excluding hydrogens is 317 g/mol. The predicted octanol–water partition coefficient (Wildman–Crippen LogP) is 1.70. The normalized spacial score (nSPS) is 9.78. The second-order valence-corrected chi connectivity index (χ2v) is 5.03. The summed E-state index contributed by atoms with van der Waals surface area (Å²) in [5.74, 6) is -1.23. The van der Waals surface area contributed by atoms with Gasteiger partial charge in [0.15, 0.2) is 5.11 Å². The maximum atomic E-state index is 12.8. The maximum Gasteiger partial charge on any atom is 0.257 e. The topological polar surface area (TPSA) is 70.2 Å². The Morgan fingerprint density at radius 2 is 1.61 bits per heavy atom. The number of amides is 2. The average Bonchev–Trinajstić information content (AvgIpc) is 2.54. The van der Waals surface area contributed by atoms with Crippen molar-refractivity contribution in [3.8, 4) is 0 Å². The van der Waals surface area contributed by atoms with E-state index in [0.717, 1.165) is 5.56 Å². The Morgan fingerprint density at radius 3 is 2.26 bits per heavy atom. The molecule has 0 spiro atoms. The minimum Gasteiger partial charge on any atom is -0.298 e. The summed E-state index contributed by atoms with van der Waals surface area (Å²) in [7, 11) is 0. The van der Waals surface area contributed by atoms with Gasteiger partial charge >= 0.3 is 0 Å². The third-order valence-electron chi connectivity index (χ3n) is 2.86. The number of halogens is 1. The highest BCUT2D eigenvalue weighted by molar-refractivity contribution is 7.80. The summed E-state index contributed by atoms with van der Waals surface area (Å²) in [6, 6.07) is 14.2. The second kappa shape index (κ2) is 8.00. The fraction of sp³-hybridized carbons (Fsp3) is 0.0625. The van der Waals surface area contributed by atoms with Crippen LogP contribution in [-0.4, -0.2) is 16.9 Å². The Bertz CT molecular complexity index is 705. The van der Waals surface area contributed by atoms with Gasteiger partial charge in [0.25, 0.3) is 5.91 Å². The molecule has 0 fully saturated rings. The Labute approximate surface area is 137 Å². The monoisotopic (exact) mass is 331 g/mol. The zero-order chi connectivity index (χ0) is 16.7. The average molecular weight is 331 g/mol. The Balaban J connectivity index is 1.77. The molecule has 0 bridgehead atoms. The molecule has 23 heavy (non-hydrogen) atoms. The van der Waals surface area contributed by atoms with Crippen LogP contribution in [0.15, 0.2) is 54.6 Å². The van der Waals surface area contributed by atoms with Crippen LogP contribution in [-0.2, 0) is 11.2 Å². The van der Waals surface area contributed by atoms with Crippen molar-refractivity contribution in [2.24, 2.45) is 0 Å². The highest BCUT2D eigenvalue weighted by atomic mass is 32.1. The molecule has 0 aliphatic heterocycles. The van der Waals surface area contributed by atoms with E-state index in [2.05, 4.69) is 16.2 Å². The lowest BCUT2D eigenvalue weighted by molar-refractivity contribution is -0.121. The molecule has 0 aromatic heterocycles. The van der Waals surface area contributed by atoms with E-state index < -0.39 is 11.7 Å². The molecule has 0 saturated heterocycles. The maximum absolute atomic E-state index is 12.8. The van der Waals surface area contributed by atoms with E-state index in [4.69, 9.17) is 12.2 Å². The third-order valence-corrected chi connectivity index (χ3v) is 3.06. The van der Waals surface area contributed by atoms with Crippen molar-refractivity contribution in [1.82, 2.24) is 16.2 Å². The van der Waals surface area contributed by atoms with Crippen LogP contribution in [0.5, 0.6) is 0 Å². The number of rotatable bonds is 3. The Kier molecular flexibility index (Phi) is 5.76. The first-order valence-electron chi connectivity index (χ1n) is 6.74. The summed E-state index contributed by atoms with van der Waals surface area (Å²) < 4.78 is 12.8. The van der Waals surface area contributed by atoms with Gasteiger partial charge in [-0.3, -0.25) is 25.8 Å². The number of nitrogens with one attached hydrogen (secondary N) is 3. The van der Waals surface area contributed by atoms with E-state index in [1.807, 2.05) is 30.3 Å². The van der Waals surface area contributed by atoms with E-state index in [1.54, 1.807) is 0 Å². The van der Waals surface area contributed by atoms with Crippen LogP contribution >= 0.6 is 12.2 Å². The van der Waals surface area contributed by atoms with Gasteiger partial charge in [0.2, 0.25) is 5.91 Å². The van der Waals surface area contributed by atoms with Crippen LogP contribution in [0.25, 0.3) is 0 Å². The minimum atomic E-state index is -0.500. The van der Waals surface area contributed by atoms with Crippen LogP contribution < -0.4 is 16.2 Å². The first-order valence-corrected chi connectivity index (χ1v) is 7.15. The summed E-state index contributed by atoms with van der Waals surface area (Å²) in [5.41, 5.74) is 5.94. The lowest BCUT2D eigenvalue weighted by Gasteiger charge is -2.10. The fourth-order valence-corrected chi connectivity index (χ4v) is 1.90. The van der Waals surface area contributed by atoms with Crippen molar-refractivity contribution >= 4 is 29.1 Å². The zero-order valence-corrected chi connectivity index (χ0v) is 12.8. The molecule has 2 amide bonds. The molecule has 118 valence electrons. The molecular formula is C16H14FN3O2S. The largest absolute Gasteiger partial charge is 0.298 e. The van der Waals surface area contributed by atoms with E-state index in [0.29, 0.717) is 0 Å². The summed E-state index contributed by atoms with van der Waals surface area (Å²) in [6.45, 7) is 0. The van der Waals surface area contributed by atoms with Crippen LogP contribution in [0.2, 0.25) is 0 Å². The molecule has 2 rings (SSSR count). The quantitative estimate of drug-likeness (QED) is 0.591. The molecule has 0 aliphatic rings. The molecule has 5 nitrogen and oxygen atoms in total. The Hall–Kier alpha value is -2.80.